The SMILES string of the molecule is CN=C(NCCc1ccc2c(c1)CCO2)NCc1cccc(C(=O)NCc2ccco2)c1.I. The van der Waals surface area contributed by atoms with Gasteiger partial charge in [-0.05, 0) is 53.4 Å². The number of carbonyl (C=O) groups is 1. The first kappa shape index (κ1) is 24.6. The van der Waals surface area contributed by atoms with Crippen molar-refractivity contribution in [2.75, 3.05) is 20.2 Å². The Bertz CT molecular complexity index is 1080. The summed E-state index contributed by atoms with van der Waals surface area (Å²) in [6, 6.07) is 17.6. The highest BCUT2D eigenvalue weighted by Gasteiger charge is 2.12. The lowest BCUT2D eigenvalue weighted by atomic mass is 10.1. The number of halogens is 1. The Morgan fingerprint density at radius 3 is 2.73 bits per heavy atom. The van der Waals surface area contributed by atoms with Gasteiger partial charge in [0.25, 0.3) is 5.91 Å². The number of ether oxygens (including phenoxy) is 1. The zero-order chi connectivity index (χ0) is 22.2. The highest BCUT2D eigenvalue weighted by atomic mass is 127. The van der Waals surface area contributed by atoms with Crippen LogP contribution in [0.25, 0.3) is 0 Å². The van der Waals surface area contributed by atoms with E-state index in [2.05, 4.69) is 39.1 Å². The number of hydrogen-bond acceptors (Lipinski definition) is 4. The third kappa shape index (κ3) is 6.98. The van der Waals surface area contributed by atoms with Crippen molar-refractivity contribution in [1.82, 2.24) is 16.0 Å². The molecule has 1 aliphatic heterocycles. The van der Waals surface area contributed by atoms with Crippen LogP contribution >= 0.6 is 24.0 Å². The highest BCUT2D eigenvalue weighted by molar-refractivity contribution is 14.0. The molecular weight excluding hydrogens is 531 g/mol. The van der Waals surface area contributed by atoms with Crippen molar-refractivity contribution >= 4 is 35.8 Å². The monoisotopic (exact) mass is 560 g/mol. The van der Waals surface area contributed by atoms with E-state index in [9.17, 15) is 4.79 Å². The predicted molar refractivity (Wildman–Crippen MR) is 139 cm³/mol. The van der Waals surface area contributed by atoms with Crippen molar-refractivity contribution in [1.29, 1.82) is 0 Å². The number of amides is 1. The number of aliphatic imine (C=N–C) groups is 1. The third-order valence-corrected chi connectivity index (χ3v) is 5.34. The van der Waals surface area contributed by atoms with E-state index in [4.69, 9.17) is 9.15 Å². The largest absolute Gasteiger partial charge is 0.493 e. The van der Waals surface area contributed by atoms with Crippen molar-refractivity contribution in [2.24, 2.45) is 4.99 Å². The van der Waals surface area contributed by atoms with E-state index in [0.717, 1.165) is 49.0 Å². The summed E-state index contributed by atoms with van der Waals surface area (Å²) in [6.45, 7) is 2.48. The van der Waals surface area contributed by atoms with E-state index < -0.39 is 0 Å². The fourth-order valence-electron chi connectivity index (χ4n) is 3.63. The molecule has 2 heterocycles. The molecule has 0 radical (unpaired) electrons. The van der Waals surface area contributed by atoms with Gasteiger partial charge in [-0.3, -0.25) is 9.79 Å². The Labute approximate surface area is 211 Å². The van der Waals surface area contributed by atoms with Crippen LogP contribution in [0.15, 0.2) is 70.3 Å². The van der Waals surface area contributed by atoms with Crippen molar-refractivity contribution in [3.05, 3.63) is 88.9 Å². The van der Waals surface area contributed by atoms with Gasteiger partial charge in [0.2, 0.25) is 0 Å². The maximum atomic E-state index is 12.4. The minimum absolute atomic E-state index is 0. The summed E-state index contributed by atoms with van der Waals surface area (Å²) in [4.78, 5) is 16.7. The number of hydrogen-bond donors (Lipinski definition) is 3. The summed E-state index contributed by atoms with van der Waals surface area (Å²) in [6.07, 6.45) is 3.48. The van der Waals surface area contributed by atoms with Gasteiger partial charge in [-0.15, -0.1) is 24.0 Å². The lowest BCUT2D eigenvalue weighted by molar-refractivity contribution is 0.0948. The van der Waals surface area contributed by atoms with Crippen LogP contribution in [0.2, 0.25) is 0 Å². The molecule has 0 saturated heterocycles. The molecule has 0 saturated carbocycles. The van der Waals surface area contributed by atoms with E-state index in [1.807, 2.05) is 24.3 Å². The third-order valence-electron chi connectivity index (χ3n) is 5.34. The second-order valence-electron chi connectivity index (χ2n) is 7.61. The molecule has 33 heavy (non-hydrogen) atoms. The van der Waals surface area contributed by atoms with Gasteiger partial charge in [-0.2, -0.15) is 0 Å². The van der Waals surface area contributed by atoms with Crippen LogP contribution in [0.5, 0.6) is 5.75 Å². The molecule has 0 atom stereocenters. The average Bonchev–Trinajstić information content (AvgIpc) is 3.51. The summed E-state index contributed by atoms with van der Waals surface area (Å²) in [7, 11) is 1.75. The zero-order valence-corrected chi connectivity index (χ0v) is 20.9. The number of fused-ring (bicyclic) bond motifs is 1. The summed E-state index contributed by atoms with van der Waals surface area (Å²) < 4.78 is 10.8. The Morgan fingerprint density at radius 2 is 1.91 bits per heavy atom. The molecular formula is C25H29IN4O3. The molecule has 3 aromatic rings. The molecule has 0 spiro atoms. The van der Waals surface area contributed by atoms with E-state index in [1.165, 1.54) is 11.1 Å². The van der Waals surface area contributed by atoms with Crippen molar-refractivity contribution < 1.29 is 13.9 Å². The second kappa shape index (κ2) is 12.3. The molecule has 4 rings (SSSR count). The molecule has 8 heteroatoms. The fraction of sp³-hybridized carbons (Fsp3) is 0.280. The number of benzene rings is 2. The quantitative estimate of drug-likeness (QED) is 0.223. The van der Waals surface area contributed by atoms with Gasteiger partial charge < -0.3 is 25.1 Å². The number of rotatable bonds is 8. The molecule has 3 N–H and O–H groups in total. The number of nitrogens with one attached hydrogen (secondary N) is 3. The normalized spacial score (nSPS) is 12.3. The maximum Gasteiger partial charge on any atom is 0.251 e. The van der Waals surface area contributed by atoms with Gasteiger partial charge in [0.05, 0.1) is 19.4 Å². The first-order valence-electron chi connectivity index (χ1n) is 10.8. The lowest BCUT2D eigenvalue weighted by Crippen LogP contribution is -2.37. The van der Waals surface area contributed by atoms with Crippen LogP contribution in [0.1, 0.15) is 32.8 Å². The lowest BCUT2D eigenvalue weighted by Gasteiger charge is -2.13. The Kier molecular flexibility index (Phi) is 9.17. The second-order valence-corrected chi connectivity index (χ2v) is 7.61. The first-order valence-corrected chi connectivity index (χ1v) is 10.8. The maximum absolute atomic E-state index is 12.4. The van der Waals surface area contributed by atoms with Crippen LogP contribution < -0.4 is 20.7 Å². The van der Waals surface area contributed by atoms with Gasteiger partial charge in [0.1, 0.15) is 11.5 Å². The topological polar surface area (TPSA) is 87.9 Å². The number of furan rings is 1. The van der Waals surface area contributed by atoms with E-state index >= 15 is 0 Å². The van der Waals surface area contributed by atoms with Crippen LogP contribution in [0.4, 0.5) is 0 Å². The first-order chi connectivity index (χ1) is 15.7. The molecule has 0 unspecified atom stereocenters. The Hall–Kier alpha value is -3.01. The van der Waals surface area contributed by atoms with Crippen molar-refractivity contribution in [3.8, 4) is 5.75 Å². The molecule has 0 aliphatic carbocycles. The van der Waals surface area contributed by atoms with Crippen LogP contribution in [-0.2, 0) is 25.9 Å². The molecule has 7 nitrogen and oxygen atoms in total. The van der Waals surface area contributed by atoms with Gasteiger partial charge >= 0.3 is 0 Å². The van der Waals surface area contributed by atoms with Crippen molar-refractivity contribution in [3.63, 3.8) is 0 Å². The Balaban J connectivity index is 0.00000306. The van der Waals surface area contributed by atoms with Crippen LogP contribution in [-0.4, -0.2) is 32.1 Å². The standard InChI is InChI=1S/C25H28N4O3.HI/c1-26-25(27-11-9-18-7-8-23-20(14-18)10-13-32-23)29-16-19-4-2-5-21(15-19)24(30)28-17-22-6-3-12-31-22;/h2-8,12,14-15H,9-11,13,16-17H2,1H3,(H,28,30)(H2,26,27,29);1H. The zero-order valence-electron chi connectivity index (χ0n) is 18.6. The number of guanidine groups is 1. The van der Waals surface area contributed by atoms with Gasteiger partial charge in [0, 0.05) is 32.1 Å². The predicted octanol–water partition coefficient (Wildman–Crippen LogP) is 3.67. The number of nitrogens with zero attached hydrogens (tertiary/aromatic N) is 1. The molecule has 174 valence electrons. The summed E-state index contributed by atoms with van der Waals surface area (Å²) in [5, 5.41) is 9.52. The fourth-order valence-corrected chi connectivity index (χ4v) is 3.63. The summed E-state index contributed by atoms with van der Waals surface area (Å²) >= 11 is 0. The van der Waals surface area contributed by atoms with Gasteiger partial charge in [0.15, 0.2) is 5.96 Å². The van der Waals surface area contributed by atoms with Crippen LogP contribution in [0.3, 0.4) is 0 Å². The van der Waals surface area contributed by atoms with Crippen LogP contribution in [0, 0.1) is 0 Å². The van der Waals surface area contributed by atoms with Crippen molar-refractivity contribution in [2.45, 2.75) is 25.9 Å². The Morgan fingerprint density at radius 1 is 1.00 bits per heavy atom. The molecule has 0 fully saturated rings. The highest BCUT2D eigenvalue weighted by Crippen LogP contribution is 2.25. The molecule has 2 aromatic carbocycles. The van der Waals surface area contributed by atoms with E-state index in [-0.39, 0.29) is 29.9 Å². The average molecular weight is 560 g/mol. The van der Waals surface area contributed by atoms with E-state index in [1.54, 1.807) is 25.4 Å². The molecule has 1 aliphatic rings. The molecule has 1 aromatic heterocycles. The smallest absolute Gasteiger partial charge is 0.251 e. The summed E-state index contributed by atoms with van der Waals surface area (Å²) in [5.41, 5.74) is 4.18. The van der Waals surface area contributed by atoms with Gasteiger partial charge in [-0.25, -0.2) is 0 Å². The van der Waals surface area contributed by atoms with E-state index in [0.29, 0.717) is 18.7 Å². The summed E-state index contributed by atoms with van der Waals surface area (Å²) in [5.74, 6) is 2.32. The van der Waals surface area contributed by atoms with Gasteiger partial charge in [-0.1, -0.05) is 24.3 Å². The minimum Gasteiger partial charge on any atom is -0.493 e. The minimum atomic E-state index is -0.134. The molecule has 0 bridgehead atoms. The molecule has 1 amide bonds. The number of carbonyl (C=O) groups excluding carboxylic acids is 1.